The van der Waals surface area contributed by atoms with Gasteiger partial charge in [0.2, 0.25) is 0 Å². The van der Waals surface area contributed by atoms with Gasteiger partial charge in [-0.15, -0.1) is 0 Å². The van der Waals surface area contributed by atoms with Gasteiger partial charge in [-0.05, 0) is 53.2 Å². The fourth-order valence-corrected chi connectivity index (χ4v) is 6.28. The molecule has 0 fully saturated rings. The molecule has 0 aliphatic carbocycles. The van der Waals surface area contributed by atoms with Crippen molar-refractivity contribution in [3.63, 3.8) is 0 Å². The van der Waals surface area contributed by atoms with E-state index in [1.165, 1.54) is 32.6 Å². The molecule has 1 atom stereocenters. The Hall–Kier alpha value is -5.22. The van der Waals surface area contributed by atoms with E-state index in [1.54, 1.807) is 0 Å². The molecule has 0 amide bonds. The number of nitrogens with zero attached hydrogens (tertiary/aromatic N) is 1. The molecule has 184 valence electrons. The molecule has 1 aliphatic heterocycles. The number of aromatic nitrogens is 1. The summed E-state index contributed by atoms with van der Waals surface area (Å²) in [5.74, 6) is 0.848. The molecule has 0 spiro atoms. The van der Waals surface area contributed by atoms with E-state index >= 15 is 0 Å². The summed E-state index contributed by atoms with van der Waals surface area (Å²) in [6.07, 6.45) is -0.268. The van der Waals surface area contributed by atoms with Gasteiger partial charge < -0.3 is 19.0 Å². The van der Waals surface area contributed by atoms with E-state index in [-0.39, 0.29) is 6.23 Å². The molecular weight excluding hydrogens is 480 g/mol. The molecule has 2 aromatic heterocycles. The summed E-state index contributed by atoms with van der Waals surface area (Å²) < 4.78 is 14.9. The molecule has 6 aromatic carbocycles. The van der Waals surface area contributed by atoms with Crippen molar-refractivity contribution in [3.05, 3.63) is 127 Å². The van der Waals surface area contributed by atoms with Crippen LogP contribution in [0.5, 0.6) is 5.75 Å². The Morgan fingerprint density at radius 1 is 0.564 bits per heavy atom. The van der Waals surface area contributed by atoms with Gasteiger partial charge >= 0.3 is 0 Å². The van der Waals surface area contributed by atoms with Crippen LogP contribution in [0.3, 0.4) is 0 Å². The first-order chi connectivity index (χ1) is 19.3. The minimum absolute atomic E-state index is 0.268. The van der Waals surface area contributed by atoms with Crippen LogP contribution in [0, 0.1) is 0 Å². The van der Waals surface area contributed by atoms with E-state index in [0.29, 0.717) is 0 Å². The van der Waals surface area contributed by atoms with E-state index < -0.39 is 0 Å². The van der Waals surface area contributed by atoms with Crippen LogP contribution < -0.4 is 10.1 Å². The smallest absolute Gasteiger partial charge is 0.196 e. The fourth-order valence-electron chi connectivity index (χ4n) is 6.28. The van der Waals surface area contributed by atoms with E-state index in [1.807, 2.05) is 30.3 Å². The average molecular weight is 503 g/mol. The van der Waals surface area contributed by atoms with Crippen LogP contribution in [0.4, 0.5) is 5.69 Å². The minimum Gasteiger partial charge on any atom is -0.464 e. The zero-order valence-corrected chi connectivity index (χ0v) is 20.9. The number of anilines is 1. The second-order valence-corrected chi connectivity index (χ2v) is 10.2. The summed E-state index contributed by atoms with van der Waals surface area (Å²) in [6, 6.07) is 42.6. The van der Waals surface area contributed by atoms with Gasteiger partial charge in [-0.25, -0.2) is 0 Å². The Labute approximate surface area is 223 Å². The summed E-state index contributed by atoms with van der Waals surface area (Å²) >= 11 is 0. The molecule has 0 saturated carbocycles. The van der Waals surface area contributed by atoms with Crippen molar-refractivity contribution in [2.75, 3.05) is 5.32 Å². The largest absolute Gasteiger partial charge is 0.464 e. The van der Waals surface area contributed by atoms with Crippen molar-refractivity contribution < 1.29 is 9.15 Å². The van der Waals surface area contributed by atoms with E-state index in [4.69, 9.17) is 9.15 Å². The summed E-state index contributed by atoms with van der Waals surface area (Å²) in [4.78, 5) is 0. The zero-order chi connectivity index (χ0) is 25.5. The lowest BCUT2D eigenvalue weighted by Crippen LogP contribution is -2.10. The molecule has 0 bridgehead atoms. The Kier molecular flexibility index (Phi) is 4.08. The van der Waals surface area contributed by atoms with Crippen LogP contribution in [-0.4, -0.2) is 4.57 Å². The number of furan rings is 1. The van der Waals surface area contributed by atoms with Crippen molar-refractivity contribution in [1.29, 1.82) is 0 Å². The lowest BCUT2D eigenvalue weighted by Gasteiger charge is -2.14. The van der Waals surface area contributed by atoms with Crippen molar-refractivity contribution in [1.82, 2.24) is 4.57 Å². The molecule has 8 aromatic rings. The van der Waals surface area contributed by atoms with Gasteiger partial charge in [-0.1, -0.05) is 78.9 Å². The molecule has 9 rings (SSSR count). The molecule has 1 aliphatic rings. The summed E-state index contributed by atoms with van der Waals surface area (Å²) in [5, 5.41) is 10.7. The number of fused-ring (bicyclic) bond motifs is 10. The Morgan fingerprint density at radius 3 is 2.23 bits per heavy atom. The maximum Gasteiger partial charge on any atom is 0.196 e. The van der Waals surface area contributed by atoms with Crippen LogP contribution in [0.2, 0.25) is 0 Å². The first-order valence-electron chi connectivity index (χ1n) is 13.2. The van der Waals surface area contributed by atoms with Gasteiger partial charge in [0, 0.05) is 27.4 Å². The lowest BCUT2D eigenvalue weighted by molar-refractivity contribution is 0.263. The zero-order valence-electron chi connectivity index (χ0n) is 20.9. The summed E-state index contributed by atoms with van der Waals surface area (Å²) in [7, 11) is 0. The Morgan fingerprint density at radius 2 is 1.33 bits per heavy atom. The number of benzene rings is 6. The molecule has 4 heteroatoms. The molecule has 0 saturated heterocycles. The number of nitrogens with one attached hydrogen (secondary N) is 1. The van der Waals surface area contributed by atoms with E-state index in [2.05, 4.69) is 101 Å². The predicted molar refractivity (Wildman–Crippen MR) is 159 cm³/mol. The second kappa shape index (κ2) is 7.65. The first-order valence-corrected chi connectivity index (χ1v) is 13.2. The fraction of sp³-hybridized carbons (Fsp3) is 0.0286. The number of ether oxygens (including phenoxy) is 1. The maximum atomic E-state index is 6.51. The third-order valence-corrected chi connectivity index (χ3v) is 8.03. The van der Waals surface area contributed by atoms with Crippen molar-refractivity contribution in [2.24, 2.45) is 0 Å². The third-order valence-electron chi connectivity index (χ3n) is 8.03. The highest BCUT2D eigenvalue weighted by molar-refractivity contribution is 6.21. The number of hydrogen-bond donors (Lipinski definition) is 1. The standard InChI is InChI=1S/C35H22N2O2/c1-2-8-24-21(7-1)15-19-29-32(24)25-9-3-5-11-28(25)37(29)23-16-13-22(14-17-23)35-36-27-18-20-31-33(34(27)39-35)26-10-4-6-12-30(26)38-31/h1-20,35-36H. The minimum atomic E-state index is -0.268. The first kappa shape index (κ1) is 20.8. The second-order valence-electron chi connectivity index (χ2n) is 10.2. The van der Waals surface area contributed by atoms with Gasteiger partial charge in [0.05, 0.1) is 22.1 Å². The average Bonchev–Trinajstić information content (AvgIpc) is 3.68. The summed E-state index contributed by atoms with van der Waals surface area (Å²) in [6.45, 7) is 0. The number of hydrogen-bond acceptors (Lipinski definition) is 3. The van der Waals surface area contributed by atoms with Gasteiger partial charge in [-0.2, -0.15) is 0 Å². The highest BCUT2D eigenvalue weighted by Gasteiger charge is 2.27. The van der Waals surface area contributed by atoms with Gasteiger partial charge in [0.1, 0.15) is 11.2 Å². The molecule has 0 radical (unpaired) electrons. The van der Waals surface area contributed by atoms with Crippen molar-refractivity contribution >= 4 is 60.2 Å². The van der Waals surface area contributed by atoms with Crippen LogP contribution in [0.15, 0.2) is 126 Å². The topological polar surface area (TPSA) is 39.3 Å². The van der Waals surface area contributed by atoms with E-state index in [0.717, 1.165) is 44.6 Å². The molecule has 3 heterocycles. The Bertz CT molecular complexity index is 2240. The van der Waals surface area contributed by atoms with Gasteiger partial charge in [-0.3, -0.25) is 0 Å². The SMILES string of the molecule is c1ccc2c(c1)ccc1c2c2ccccc2n1-c1ccc(C2Nc3ccc4oc5ccccc5c4c3O2)cc1. The summed E-state index contributed by atoms with van der Waals surface area (Å²) in [5.41, 5.74) is 7.30. The van der Waals surface area contributed by atoms with Crippen LogP contribution >= 0.6 is 0 Å². The van der Waals surface area contributed by atoms with Crippen LogP contribution in [0.1, 0.15) is 11.8 Å². The third kappa shape index (κ3) is 2.88. The van der Waals surface area contributed by atoms with Crippen molar-refractivity contribution in [2.45, 2.75) is 6.23 Å². The van der Waals surface area contributed by atoms with E-state index in [9.17, 15) is 0 Å². The highest BCUT2D eigenvalue weighted by Crippen LogP contribution is 2.47. The maximum absolute atomic E-state index is 6.51. The van der Waals surface area contributed by atoms with Crippen LogP contribution in [0.25, 0.3) is 60.2 Å². The number of rotatable bonds is 2. The van der Waals surface area contributed by atoms with Gasteiger partial charge in [0.15, 0.2) is 12.0 Å². The van der Waals surface area contributed by atoms with Crippen LogP contribution in [-0.2, 0) is 0 Å². The highest BCUT2D eigenvalue weighted by atomic mass is 16.5. The Balaban J connectivity index is 1.15. The lowest BCUT2D eigenvalue weighted by atomic mass is 10.0. The molecular formula is C35H22N2O2. The number of para-hydroxylation sites is 2. The molecule has 4 nitrogen and oxygen atoms in total. The quantitative estimate of drug-likeness (QED) is 0.256. The molecule has 1 unspecified atom stereocenters. The normalized spacial score (nSPS) is 14.8. The monoisotopic (exact) mass is 502 g/mol. The van der Waals surface area contributed by atoms with Gasteiger partial charge in [0.25, 0.3) is 0 Å². The molecule has 39 heavy (non-hydrogen) atoms. The predicted octanol–water partition coefficient (Wildman–Crippen LogP) is 9.34. The van der Waals surface area contributed by atoms with Crippen molar-refractivity contribution in [3.8, 4) is 11.4 Å². The molecule has 1 N–H and O–H groups in total.